The molecule has 0 saturated heterocycles. The van der Waals surface area contributed by atoms with Gasteiger partial charge in [0, 0.05) is 10.7 Å². The highest BCUT2D eigenvalue weighted by Crippen LogP contribution is 2.30. The molecule has 0 aliphatic carbocycles. The second-order valence-corrected chi connectivity index (χ2v) is 5.09. The Labute approximate surface area is 125 Å². The summed E-state index contributed by atoms with van der Waals surface area (Å²) in [5, 5.41) is 3.18. The van der Waals surface area contributed by atoms with Crippen molar-refractivity contribution in [3.05, 3.63) is 46.6 Å². The molecule has 3 N–H and O–H groups in total. The fourth-order valence-corrected chi connectivity index (χ4v) is 2.13. The number of ether oxygens (including phenoxy) is 1. The third-order valence-electron chi connectivity index (χ3n) is 2.49. The number of benzene rings is 1. The Morgan fingerprint density at radius 3 is 2.89 bits per heavy atom. The molecular formula is C13H12BrN3OS. The molecule has 98 valence electrons. The Morgan fingerprint density at radius 2 is 2.21 bits per heavy atom. The molecule has 2 aromatic rings. The van der Waals surface area contributed by atoms with Crippen molar-refractivity contribution < 1.29 is 4.74 Å². The maximum atomic E-state index is 5.68. The molecular weight excluding hydrogens is 326 g/mol. The van der Waals surface area contributed by atoms with Gasteiger partial charge in [-0.2, -0.15) is 0 Å². The number of rotatable bonds is 4. The molecule has 6 heteroatoms. The monoisotopic (exact) mass is 337 g/mol. The van der Waals surface area contributed by atoms with Gasteiger partial charge in [-0.05, 0) is 30.3 Å². The summed E-state index contributed by atoms with van der Waals surface area (Å²) in [7, 11) is 1.61. The van der Waals surface area contributed by atoms with E-state index in [0.717, 1.165) is 10.2 Å². The van der Waals surface area contributed by atoms with Crippen LogP contribution in [0.1, 0.15) is 5.56 Å². The average Bonchev–Trinajstić information content (AvgIpc) is 2.39. The molecule has 4 nitrogen and oxygen atoms in total. The van der Waals surface area contributed by atoms with Crippen LogP contribution in [0.5, 0.6) is 5.75 Å². The minimum absolute atomic E-state index is 0.296. The van der Waals surface area contributed by atoms with Crippen molar-refractivity contribution in [2.45, 2.75) is 0 Å². The topological polar surface area (TPSA) is 60.2 Å². The highest BCUT2D eigenvalue weighted by atomic mass is 79.9. The maximum Gasteiger partial charge on any atom is 0.142 e. The zero-order valence-corrected chi connectivity index (χ0v) is 12.6. The van der Waals surface area contributed by atoms with Crippen LogP contribution >= 0.6 is 28.1 Å². The number of methoxy groups -OCH3 is 1. The van der Waals surface area contributed by atoms with E-state index < -0.39 is 0 Å². The van der Waals surface area contributed by atoms with Crippen molar-refractivity contribution in [2.24, 2.45) is 5.73 Å². The first-order chi connectivity index (χ1) is 9.11. The lowest BCUT2D eigenvalue weighted by molar-refractivity contribution is 0.416. The molecule has 0 saturated carbocycles. The quantitative estimate of drug-likeness (QED) is 0.838. The van der Waals surface area contributed by atoms with Crippen molar-refractivity contribution in [2.75, 3.05) is 12.4 Å². The Bertz CT molecular complexity index is 619. The lowest BCUT2D eigenvalue weighted by atomic mass is 10.2. The fraction of sp³-hybridized carbons (Fsp3) is 0.0769. The third kappa shape index (κ3) is 3.21. The Kier molecular flexibility index (Phi) is 4.34. The fourth-order valence-electron chi connectivity index (χ4n) is 1.61. The standard InChI is InChI=1S/C13H12BrN3OS/c1-18-11-5-4-8(14)7-10(11)17-13-9(12(15)19)3-2-6-16-13/h2-7H,1H3,(H2,15,19)(H,16,17). The van der Waals surface area contributed by atoms with Crippen LogP contribution in [-0.4, -0.2) is 17.1 Å². The van der Waals surface area contributed by atoms with E-state index in [0.29, 0.717) is 22.1 Å². The van der Waals surface area contributed by atoms with Crippen LogP contribution in [0.2, 0.25) is 0 Å². The number of aromatic nitrogens is 1. The van der Waals surface area contributed by atoms with Crippen molar-refractivity contribution in [3.8, 4) is 5.75 Å². The van der Waals surface area contributed by atoms with Gasteiger partial charge in [0.2, 0.25) is 0 Å². The Morgan fingerprint density at radius 1 is 1.42 bits per heavy atom. The molecule has 0 bridgehead atoms. The first-order valence-electron chi connectivity index (χ1n) is 5.47. The number of nitrogens with two attached hydrogens (primary N) is 1. The predicted octanol–water partition coefficient (Wildman–Crippen LogP) is 3.23. The molecule has 0 unspecified atom stereocenters. The van der Waals surface area contributed by atoms with Gasteiger partial charge in [-0.15, -0.1) is 0 Å². The molecule has 1 heterocycles. The summed E-state index contributed by atoms with van der Waals surface area (Å²) in [4.78, 5) is 4.55. The SMILES string of the molecule is COc1ccc(Br)cc1Nc1ncccc1C(N)=S. The zero-order chi connectivity index (χ0) is 13.8. The van der Waals surface area contributed by atoms with Gasteiger partial charge < -0.3 is 15.8 Å². The van der Waals surface area contributed by atoms with E-state index >= 15 is 0 Å². The predicted molar refractivity (Wildman–Crippen MR) is 84.1 cm³/mol. The smallest absolute Gasteiger partial charge is 0.142 e. The van der Waals surface area contributed by atoms with E-state index in [2.05, 4.69) is 26.2 Å². The minimum Gasteiger partial charge on any atom is -0.495 e. The van der Waals surface area contributed by atoms with E-state index in [1.807, 2.05) is 24.3 Å². The second kappa shape index (κ2) is 5.99. The number of hydrogen-bond acceptors (Lipinski definition) is 4. The third-order valence-corrected chi connectivity index (χ3v) is 3.20. The summed E-state index contributed by atoms with van der Waals surface area (Å²) >= 11 is 8.43. The number of nitrogens with zero attached hydrogens (tertiary/aromatic N) is 1. The molecule has 2 rings (SSSR count). The van der Waals surface area contributed by atoms with Crippen LogP contribution in [0.4, 0.5) is 11.5 Å². The summed E-state index contributed by atoms with van der Waals surface area (Å²) in [6.45, 7) is 0. The van der Waals surface area contributed by atoms with E-state index in [9.17, 15) is 0 Å². The number of nitrogens with one attached hydrogen (secondary N) is 1. The van der Waals surface area contributed by atoms with Gasteiger partial charge in [-0.1, -0.05) is 28.1 Å². The first kappa shape index (κ1) is 13.8. The zero-order valence-electron chi connectivity index (χ0n) is 10.2. The molecule has 1 aromatic heterocycles. The van der Waals surface area contributed by atoms with Crippen LogP contribution in [0, 0.1) is 0 Å². The number of halogens is 1. The van der Waals surface area contributed by atoms with Crippen LogP contribution < -0.4 is 15.8 Å². The number of hydrogen-bond donors (Lipinski definition) is 2. The second-order valence-electron chi connectivity index (χ2n) is 3.73. The van der Waals surface area contributed by atoms with Gasteiger partial charge >= 0.3 is 0 Å². The van der Waals surface area contributed by atoms with Gasteiger partial charge in [0.05, 0.1) is 18.4 Å². The highest BCUT2D eigenvalue weighted by molar-refractivity contribution is 9.10. The average molecular weight is 338 g/mol. The van der Waals surface area contributed by atoms with E-state index in [4.69, 9.17) is 22.7 Å². The van der Waals surface area contributed by atoms with E-state index in [-0.39, 0.29) is 0 Å². The van der Waals surface area contributed by atoms with E-state index in [1.165, 1.54) is 0 Å². The Hall–Kier alpha value is -1.66. The maximum absolute atomic E-state index is 5.68. The molecule has 1 aromatic carbocycles. The summed E-state index contributed by atoms with van der Waals surface area (Å²) < 4.78 is 6.23. The molecule has 0 aliphatic rings. The van der Waals surface area contributed by atoms with Crippen LogP contribution in [0.25, 0.3) is 0 Å². The molecule has 19 heavy (non-hydrogen) atoms. The first-order valence-corrected chi connectivity index (χ1v) is 6.67. The largest absolute Gasteiger partial charge is 0.495 e. The molecule has 0 fully saturated rings. The van der Waals surface area contributed by atoms with Gasteiger partial charge in [0.1, 0.15) is 16.6 Å². The highest BCUT2D eigenvalue weighted by Gasteiger charge is 2.09. The number of thiocarbonyl (C=S) groups is 1. The summed E-state index contributed by atoms with van der Waals surface area (Å²) in [6, 6.07) is 9.27. The van der Waals surface area contributed by atoms with Crippen LogP contribution in [-0.2, 0) is 0 Å². The van der Waals surface area contributed by atoms with Crippen molar-refractivity contribution in [1.82, 2.24) is 4.98 Å². The summed E-state index contributed by atoms with van der Waals surface area (Å²) in [5.74, 6) is 1.31. The molecule has 0 atom stereocenters. The lowest BCUT2D eigenvalue weighted by Crippen LogP contribution is -2.13. The van der Waals surface area contributed by atoms with E-state index in [1.54, 1.807) is 19.4 Å². The van der Waals surface area contributed by atoms with Crippen molar-refractivity contribution in [1.29, 1.82) is 0 Å². The van der Waals surface area contributed by atoms with Gasteiger partial charge in [0.25, 0.3) is 0 Å². The molecule has 0 amide bonds. The normalized spacial score (nSPS) is 10.0. The van der Waals surface area contributed by atoms with Gasteiger partial charge in [-0.25, -0.2) is 4.98 Å². The van der Waals surface area contributed by atoms with Crippen molar-refractivity contribution in [3.63, 3.8) is 0 Å². The summed E-state index contributed by atoms with van der Waals surface area (Å²) in [5.41, 5.74) is 7.16. The van der Waals surface area contributed by atoms with Crippen LogP contribution in [0.3, 0.4) is 0 Å². The minimum atomic E-state index is 0.296. The van der Waals surface area contributed by atoms with Crippen LogP contribution in [0.15, 0.2) is 41.0 Å². The molecule has 0 radical (unpaired) electrons. The number of anilines is 2. The number of pyridine rings is 1. The Balaban J connectivity index is 2.41. The molecule has 0 spiro atoms. The molecule has 0 aliphatic heterocycles. The van der Waals surface area contributed by atoms with Gasteiger partial charge in [0.15, 0.2) is 0 Å². The summed E-state index contributed by atoms with van der Waals surface area (Å²) in [6.07, 6.45) is 1.68. The van der Waals surface area contributed by atoms with Crippen molar-refractivity contribution >= 4 is 44.6 Å². The van der Waals surface area contributed by atoms with Gasteiger partial charge in [-0.3, -0.25) is 0 Å². The lowest BCUT2D eigenvalue weighted by Gasteiger charge is -2.13.